The number of rotatable bonds is 55. The van der Waals surface area contributed by atoms with Gasteiger partial charge in [-0.1, -0.05) is 272 Å². The summed E-state index contributed by atoms with van der Waals surface area (Å²) >= 11 is 0. The van der Waals surface area contributed by atoms with E-state index in [1.165, 1.54) is 19.3 Å². The number of carbonyl (C=O) groups excluding carboxylic acids is 3. The molecule has 0 fully saturated rings. The number of esters is 3. The normalized spacial score (nSPS) is 13.6. The van der Waals surface area contributed by atoms with Gasteiger partial charge in [0.2, 0.25) is 0 Å². The minimum absolute atomic E-state index is 0.142. The molecule has 0 amide bonds. The highest BCUT2D eigenvalue weighted by molar-refractivity contribution is 5.71. The van der Waals surface area contributed by atoms with E-state index < -0.39 is 12.1 Å². The Morgan fingerprint density at radius 3 is 0.783 bits per heavy atom. The molecule has 1 atom stereocenters. The molecule has 0 heterocycles. The smallest absolute Gasteiger partial charge is 0.306 e. The number of unbranched alkanes of at least 4 members (excludes halogenated alkanes) is 8. The van der Waals surface area contributed by atoms with E-state index in [-0.39, 0.29) is 38.0 Å². The second-order valence-electron chi connectivity index (χ2n) is 20.2. The van der Waals surface area contributed by atoms with Crippen LogP contribution in [0.5, 0.6) is 0 Å². The topological polar surface area (TPSA) is 78.9 Å². The summed E-state index contributed by atoms with van der Waals surface area (Å²) in [5, 5.41) is 0. The van der Waals surface area contributed by atoms with E-state index in [9.17, 15) is 14.4 Å². The van der Waals surface area contributed by atoms with Crippen molar-refractivity contribution in [1.82, 2.24) is 0 Å². The number of allylic oxidation sites excluding steroid dienone is 36. The highest BCUT2D eigenvalue weighted by Gasteiger charge is 2.19. The summed E-state index contributed by atoms with van der Waals surface area (Å²) in [6.45, 7) is 6.15. The van der Waals surface area contributed by atoms with Crippen LogP contribution in [0.1, 0.15) is 226 Å². The lowest BCUT2D eigenvalue weighted by molar-refractivity contribution is -0.166. The van der Waals surface area contributed by atoms with Crippen molar-refractivity contribution < 1.29 is 28.6 Å². The van der Waals surface area contributed by atoms with Crippen LogP contribution in [0.3, 0.4) is 0 Å². The Morgan fingerprint density at radius 1 is 0.241 bits per heavy atom. The lowest BCUT2D eigenvalue weighted by Crippen LogP contribution is -2.30. The first-order chi connectivity index (χ1) is 41.0. The van der Waals surface area contributed by atoms with Crippen molar-refractivity contribution in [3.8, 4) is 0 Å². The van der Waals surface area contributed by atoms with Crippen LogP contribution in [0.2, 0.25) is 0 Å². The molecule has 0 aromatic carbocycles. The Hall–Kier alpha value is -6.27. The van der Waals surface area contributed by atoms with Crippen LogP contribution >= 0.6 is 0 Å². The van der Waals surface area contributed by atoms with Gasteiger partial charge in [-0.05, 0) is 154 Å². The predicted octanol–water partition coefficient (Wildman–Crippen LogP) is 22.5. The number of ether oxygens (including phenoxy) is 3. The molecule has 0 rings (SSSR count). The molecule has 458 valence electrons. The van der Waals surface area contributed by atoms with Crippen molar-refractivity contribution >= 4 is 17.9 Å². The van der Waals surface area contributed by atoms with E-state index in [2.05, 4.69) is 227 Å². The molecule has 0 aliphatic rings. The molecule has 0 radical (unpaired) electrons. The molecule has 0 bridgehead atoms. The van der Waals surface area contributed by atoms with E-state index >= 15 is 0 Å². The lowest BCUT2D eigenvalue weighted by Gasteiger charge is -2.18. The first-order valence-corrected chi connectivity index (χ1v) is 32.2. The second-order valence-corrected chi connectivity index (χ2v) is 20.2. The first kappa shape index (κ1) is 76.7. The zero-order valence-corrected chi connectivity index (χ0v) is 52.4. The fraction of sp³-hybridized carbons (Fsp3) is 0.494. The van der Waals surface area contributed by atoms with E-state index in [1.807, 2.05) is 12.2 Å². The Balaban J connectivity index is 4.53. The SMILES string of the molecule is CC/C=C\C/C=C\C/C=C\C/C=C\C/C=C\C/C=C\C/C=C\CCCCCCCCCC(=O)OCC(COC(=O)CC/C=C\C/C=C\C/C=C\C/C=C\CC)OC(=O)CCC/C=C\C/C=C\C/C=C\C/C=C\C/C=C\C/C=C\C/C=C\CC. The van der Waals surface area contributed by atoms with E-state index in [0.717, 1.165) is 154 Å². The molecule has 0 spiro atoms. The molecule has 0 aromatic rings. The summed E-state index contributed by atoms with van der Waals surface area (Å²) in [7, 11) is 0. The van der Waals surface area contributed by atoms with Crippen molar-refractivity contribution in [3.05, 3.63) is 219 Å². The fourth-order valence-electron chi connectivity index (χ4n) is 7.78. The summed E-state index contributed by atoms with van der Waals surface area (Å²) in [6.07, 6.45) is 107. The lowest BCUT2D eigenvalue weighted by atomic mass is 10.1. The Morgan fingerprint density at radius 2 is 0.470 bits per heavy atom. The summed E-state index contributed by atoms with van der Waals surface area (Å²) in [4.78, 5) is 38.3. The molecular formula is C77H114O6. The number of hydrogen-bond acceptors (Lipinski definition) is 6. The van der Waals surface area contributed by atoms with Crippen LogP contribution in [-0.2, 0) is 28.6 Å². The van der Waals surface area contributed by atoms with E-state index in [1.54, 1.807) is 0 Å². The Labute approximate surface area is 508 Å². The standard InChI is InChI=1S/C77H114O6/c1-4-7-10-13-16-19-22-25-27-29-31-33-35-36-37-38-39-40-42-43-45-47-49-52-55-58-61-64-67-70-76(79)82-73-74(72-81-75(78)69-66-63-60-57-54-51-24-21-18-15-12-9-6-3)83-77(80)71-68-65-62-59-56-53-50-48-46-44-41-34-32-30-28-26-23-20-17-14-11-8-5-2/h7-12,16-21,25-28,31-34,36-37,39-40,43-46,50-51,53-54,59-60,62-63,74H,4-6,13-15,22-24,29-30,35,38,41-42,47-49,52,55-58,61,64-73H2,1-3H3/b10-7-,11-8-,12-9-,19-16-,20-17-,21-18-,27-25-,28-26-,33-31-,34-32-,37-36-,40-39-,45-43-,46-44-,53-50-,54-51-,62-59-,63-60-. The van der Waals surface area contributed by atoms with Crippen LogP contribution in [-0.4, -0.2) is 37.2 Å². The molecule has 0 N–H and O–H groups in total. The molecule has 6 nitrogen and oxygen atoms in total. The van der Waals surface area contributed by atoms with Crippen molar-refractivity contribution in [3.63, 3.8) is 0 Å². The van der Waals surface area contributed by atoms with Gasteiger partial charge in [-0.25, -0.2) is 0 Å². The van der Waals surface area contributed by atoms with Gasteiger partial charge in [0.1, 0.15) is 13.2 Å². The molecule has 0 aliphatic heterocycles. The number of carbonyl (C=O) groups is 3. The zero-order valence-electron chi connectivity index (χ0n) is 52.4. The van der Waals surface area contributed by atoms with Gasteiger partial charge >= 0.3 is 17.9 Å². The van der Waals surface area contributed by atoms with Crippen molar-refractivity contribution in [1.29, 1.82) is 0 Å². The Kier molecular flexibility index (Phi) is 63.1. The number of hydrogen-bond donors (Lipinski definition) is 0. The molecule has 6 heteroatoms. The maximum Gasteiger partial charge on any atom is 0.306 e. The average molecular weight is 1140 g/mol. The average Bonchev–Trinajstić information content (AvgIpc) is 3.49. The third-order valence-electron chi connectivity index (χ3n) is 12.5. The van der Waals surface area contributed by atoms with Gasteiger partial charge in [-0.2, -0.15) is 0 Å². The van der Waals surface area contributed by atoms with Crippen molar-refractivity contribution in [2.24, 2.45) is 0 Å². The summed E-state index contributed by atoms with van der Waals surface area (Å²) in [6, 6.07) is 0. The van der Waals surface area contributed by atoms with Crippen LogP contribution in [0.4, 0.5) is 0 Å². The van der Waals surface area contributed by atoms with Crippen LogP contribution in [0.25, 0.3) is 0 Å². The molecule has 0 aliphatic carbocycles. The Bertz CT molecular complexity index is 2080. The van der Waals surface area contributed by atoms with Crippen LogP contribution in [0, 0.1) is 0 Å². The molecule has 0 saturated carbocycles. The van der Waals surface area contributed by atoms with E-state index in [4.69, 9.17) is 14.2 Å². The van der Waals surface area contributed by atoms with Crippen molar-refractivity contribution in [2.45, 2.75) is 232 Å². The minimum atomic E-state index is -0.858. The van der Waals surface area contributed by atoms with Gasteiger partial charge in [0.05, 0.1) is 0 Å². The maximum atomic E-state index is 12.9. The first-order valence-electron chi connectivity index (χ1n) is 32.2. The predicted molar refractivity (Wildman–Crippen MR) is 361 cm³/mol. The van der Waals surface area contributed by atoms with Gasteiger partial charge < -0.3 is 14.2 Å². The van der Waals surface area contributed by atoms with Crippen molar-refractivity contribution in [2.75, 3.05) is 13.2 Å². The summed E-state index contributed by atoms with van der Waals surface area (Å²) in [5.74, 6) is -1.11. The largest absolute Gasteiger partial charge is 0.462 e. The zero-order chi connectivity index (χ0) is 59.9. The fourth-order valence-corrected chi connectivity index (χ4v) is 7.78. The van der Waals surface area contributed by atoms with Crippen LogP contribution in [0.15, 0.2) is 219 Å². The second kappa shape index (κ2) is 68.2. The van der Waals surface area contributed by atoms with Gasteiger partial charge in [-0.3, -0.25) is 14.4 Å². The molecule has 0 aromatic heterocycles. The molecule has 0 saturated heterocycles. The third kappa shape index (κ3) is 66.4. The monoisotopic (exact) mass is 1130 g/mol. The van der Waals surface area contributed by atoms with Crippen LogP contribution < -0.4 is 0 Å². The van der Waals surface area contributed by atoms with Gasteiger partial charge in [0, 0.05) is 19.3 Å². The summed E-state index contributed by atoms with van der Waals surface area (Å²) in [5.41, 5.74) is 0. The highest BCUT2D eigenvalue weighted by atomic mass is 16.6. The van der Waals surface area contributed by atoms with Gasteiger partial charge in [0.25, 0.3) is 0 Å². The minimum Gasteiger partial charge on any atom is -0.462 e. The molecule has 83 heavy (non-hydrogen) atoms. The van der Waals surface area contributed by atoms with Gasteiger partial charge in [0.15, 0.2) is 6.10 Å². The maximum absolute atomic E-state index is 12.9. The van der Waals surface area contributed by atoms with E-state index in [0.29, 0.717) is 19.3 Å². The summed E-state index contributed by atoms with van der Waals surface area (Å²) < 4.78 is 16.8. The quantitative estimate of drug-likeness (QED) is 0.0261. The molecular weight excluding hydrogens is 1020 g/mol. The third-order valence-corrected chi connectivity index (χ3v) is 12.5. The highest BCUT2D eigenvalue weighted by Crippen LogP contribution is 2.12. The van der Waals surface area contributed by atoms with Gasteiger partial charge in [-0.15, -0.1) is 0 Å². The molecule has 1 unspecified atom stereocenters.